The van der Waals surface area contributed by atoms with Gasteiger partial charge in [0.2, 0.25) is 5.91 Å². The van der Waals surface area contributed by atoms with Gasteiger partial charge in [0.15, 0.2) is 0 Å². The van der Waals surface area contributed by atoms with E-state index in [4.69, 9.17) is 9.47 Å². The van der Waals surface area contributed by atoms with Gasteiger partial charge in [0.1, 0.15) is 11.5 Å². The minimum Gasteiger partial charge on any atom is -0.495 e. The van der Waals surface area contributed by atoms with Crippen LogP contribution in [0.15, 0.2) is 39.3 Å². The van der Waals surface area contributed by atoms with E-state index in [1.54, 1.807) is 30.3 Å². The second-order valence-corrected chi connectivity index (χ2v) is 7.76. The van der Waals surface area contributed by atoms with Crippen LogP contribution >= 0.6 is 31.9 Å². The number of carbonyl (C=O) groups excluding carboxylic acids is 2. The summed E-state index contributed by atoms with van der Waals surface area (Å²) in [4.78, 5) is 24.7. The van der Waals surface area contributed by atoms with Crippen molar-refractivity contribution in [3.8, 4) is 11.5 Å². The summed E-state index contributed by atoms with van der Waals surface area (Å²) < 4.78 is 12.1. The van der Waals surface area contributed by atoms with Crippen molar-refractivity contribution in [1.82, 2.24) is 0 Å². The molecule has 0 spiro atoms. The SMILES string of the molecule is CCCCC(=O)Nc1ccc(NC(=O)c2cc(Br)cc(Br)c2OC)cc1OC. The third kappa shape index (κ3) is 5.72. The summed E-state index contributed by atoms with van der Waals surface area (Å²) in [6.07, 6.45) is 2.23. The molecule has 0 saturated heterocycles. The van der Waals surface area contributed by atoms with Gasteiger partial charge in [-0.2, -0.15) is 0 Å². The molecule has 150 valence electrons. The Morgan fingerprint density at radius 1 is 1.04 bits per heavy atom. The van der Waals surface area contributed by atoms with Crippen LogP contribution in [0.1, 0.15) is 36.5 Å². The van der Waals surface area contributed by atoms with Gasteiger partial charge in [0.05, 0.1) is 29.9 Å². The van der Waals surface area contributed by atoms with Gasteiger partial charge >= 0.3 is 0 Å². The summed E-state index contributed by atoms with van der Waals surface area (Å²) in [5, 5.41) is 5.66. The summed E-state index contributed by atoms with van der Waals surface area (Å²) in [6, 6.07) is 8.54. The van der Waals surface area contributed by atoms with Gasteiger partial charge in [-0.25, -0.2) is 0 Å². The Bertz CT molecular complexity index is 872. The van der Waals surface area contributed by atoms with E-state index in [0.29, 0.717) is 39.3 Å². The van der Waals surface area contributed by atoms with Crippen molar-refractivity contribution in [2.24, 2.45) is 0 Å². The summed E-state index contributed by atoms with van der Waals surface area (Å²) in [7, 11) is 3.01. The zero-order valence-corrected chi connectivity index (χ0v) is 19.1. The van der Waals surface area contributed by atoms with E-state index < -0.39 is 0 Å². The lowest BCUT2D eigenvalue weighted by Gasteiger charge is -2.14. The molecular weight excluding hydrogens is 492 g/mol. The molecule has 0 fully saturated rings. The Hall–Kier alpha value is -2.06. The number of halogens is 2. The largest absolute Gasteiger partial charge is 0.495 e. The van der Waals surface area contributed by atoms with E-state index >= 15 is 0 Å². The monoisotopic (exact) mass is 512 g/mol. The van der Waals surface area contributed by atoms with Crippen molar-refractivity contribution in [2.75, 3.05) is 24.9 Å². The van der Waals surface area contributed by atoms with Crippen LogP contribution in [0, 0.1) is 0 Å². The fourth-order valence-electron chi connectivity index (χ4n) is 2.56. The summed E-state index contributed by atoms with van der Waals surface area (Å²) >= 11 is 6.77. The second kappa shape index (κ2) is 10.5. The van der Waals surface area contributed by atoms with Crippen molar-refractivity contribution in [3.05, 3.63) is 44.8 Å². The molecule has 28 heavy (non-hydrogen) atoms. The molecule has 2 aromatic rings. The topological polar surface area (TPSA) is 76.7 Å². The number of hydrogen-bond donors (Lipinski definition) is 2. The van der Waals surface area contributed by atoms with Crippen LogP contribution in [0.5, 0.6) is 11.5 Å². The number of rotatable bonds is 8. The molecule has 2 N–H and O–H groups in total. The first kappa shape index (κ1) is 22.2. The molecule has 2 amide bonds. The number of hydrogen-bond acceptors (Lipinski definition) is 4. The predicted octanol–water partition coefficient (Wildman–Crippen LogP) is 5.61. The molecule has 0 aliphatic heterocycles. The first-order valence-electron chi connectivity index (χ1n) is 8.71. The standard InChI is InChI=1S/C20H22Br2N2O4/c1-4-5-6-18(25)24-16-8-7-13(11-17(16)27-2)23-20(26)14-9-12(21)10-15(22)19(14)28-3/h7-11H,4-6H2,1-3H3,(H,23,26)(H,24,25). The van der Waals surface area contributed by atoms with E-state index in [0.717, 1.165) is 17.3 Å². The van der Waals surface area contributed by atoms with Gasteiger partial charge in [-0.15, -0.1) is 0 Å². The molecule has 0 aliphatic carbocycles. The van der Waals surface area contributed by atoms with Gasteiger partial charge in [-0.1, -0.05) is 29.3 Å². The smallest absolute Gasteiger partial charge is 0.259 e. The number of ether oxygens (including phenoxy) is 2. The molecule has 0 unspecified atom stereocenters. The van der Waals surface area contributed by atoms with Gasteiger partial charge in [-0.3, -0.25) is 9.59 Å². The van der Waals surface area contributed by atoms with E-state index in [1.165, 1.54) is 14.2 Å². The first-order valence-corrected chi connectivity index (χ1v) is 10.3. The molecule has 0 bridgehead atoms. The van der Waals surface area contributed by atoms with Crippen molar-refractivity contribution >= 4 is 55.0 Å². The molecule has 2 aromatic carbocycles. The fourth-order valence-corrected chi connectivity index (χ4v) is 3.94. The van der Waals surface area contributed by atoms with E-state index in [2.05, 4.69) is 42.5 Å². The van der Waals surface area contributed by atoms with E-state index in [1.807, 2.05) is 6.92 Å². The van der Waals surface area contributed by atoms with Crippen LogP contribution in [-0.4, -0.2) is 26.0 Å². The molecule has 0 heterocycles. The number of anilines is 2. The Labute approximate surface area is 181 Å². The summed E-state index contributed by atoms with van der Waals surface area (Å²) in [6.45, 7) is 2.03. The highest BCUT2D eigenvalue weighted by Crippen LogP contribution is 2.34. The molecule has 0 aromatic heterocycles. The van der Waals surface area contributed by atoms with Gasteiger partial charge < -0.3 is 20.1 Å². The highest BCUT2D eigenvalue weighted by atomic mass is 79.9. The first-order chi connectivity index (χ1) is 13.4. The Balaban J connectivity index is 2.21. The average Bonchev–Trinajstić information content (AvgIpc) is 2.66. The van der Waals surface area contributed by atoms with Crippen LogP contribution < -0.4 is 20.1 Å². The Kier molecular flexibility index (Phi) is 8.32. The van der Waals surface area contributed by atoms with Gasteiger partial charge in [-0.05, 0) is 46.6 Å². The van der Waals surface area contributed by atoms with E-state index in [9.17, 15) is 9.59 Å². The Morgan fingerprint density at radius 3 is 2.43 bits per heavy atom. The van der Waals surface area contributed by atoms with Crippen molar-refractivity contribution in [2.45, 2.75) is 26.2 Å². The molecule has 8 heteroatoms. The Morgan fingerprint density at radius 2 is 1.79 bits per heavy atom. The minimum atomic E-state index is -0.333. The maximum Gasteiger partial charge on any atom is 0.259 e. The van der Waals surface area contributed by atoms with Crippen LogP contribution in [0.2, 0.25) is 0 Å². The molecule has 0 aliphatic rings. The van der Waals surface area contributed by atoms with E-state index in [-0.39, 0.29) is 11.8 Å². The van der Waals surface area contributed by atoms with Gasteiger partial charge in [0.25, 0.3) is 5.91 Å². The third-order valence-corrected chi connectivity index (χ3v) is 4.99. The third-order valence-electron chi connectivity index (χ3n) is 3.95. The average molecular weight is 514 g/mol. The van der Waals surface area contributed by atoms with Crippen molar-refractivity contribution in [1.29, 1.82) is 0 Å². The summed E-state index contributed by atoms with van der Waals surface area (Å²) in [5.41, 5.74) is 1.47. The van der Waals surface area contributed by atoms with Gasteiger partial charge in [0, 0.05) is 22.6 Å². The lowest BCUT2D eigenvalue weighted by atomic mass is 10.1. The second-order valence-electron chi connectivity index (χ2n) is 5.99. The fraction of sp³-hybridized carbons (Fsp3) is 0.300. The maximum atomic E-state index is 12.7. The molecular formula is C20H22Br2N2O4. The molecule has 0 radical (unpaired) electrons. The molecule has 0 saturated carbocycles. The molecule has 2 rings (SSSR count). The maximum absolute atomic E-state index is 12.7. The number of methoxy groups -OCH3 is 2. The minimum absolute atomic E-state index is 0.0688. The van der Waals surface area contributed by atoms with Crippen molar-refractivity contribution < 1.29 is 19.1 Å². The number of amides is 2. The number of nitrogens with one attached hydrogen (secondary N) is 2. The van der Waals surface area contributed by atoms with Crippen LogP contribution in [0.25, 0.3) is 0 Å². The highest BCUT2D eigenvalue weighted by Gasteiger charge is 2.17. The number of benzene rings is 2. The lowest BCUT2D eigenvalue weighted by Crippen LogP contribution is -2.14. The zero-order valence-electron chi connectivity index (χ0n) is 15.9. The van der Waals surface area contributed by atoms with Crippen LogP contribution in [-0.2, 0) is 4.79 Å². The normalized spacial score (nSPS) is 10.3. The number of unbranched alkanes of at least 4 members (excludes halogenated alkanes) is 1. The van der Waals surface area contributed by atoms with Crippen molar-refractivity contribution in [3.63, 3.8) is 0 Å². The quantitative estimate of drug-likeness (QED) is 0.481. The summed E-state index contributed by atoms with van der Waals surface area (Å²) in [5.74, 6) is 0.499. The highest BCUT2D eigenvalue weighted by molar-refractivity contribution is 9.11. The van der Waals surface area contributed by atoms with Crippen LogP contribution in [0.4, 0.5) is 11.4 Å². The molecule has 0 atom stereocenters. The zero-order chi connectivity index (χ0) is 20.7. The predicted molar refractivity (Wildman–Crippen MR) is 117 cm³/mol. The lowest BCUT2D eigenvalue weighted by molar-refractivity contribution is -0.116. The molecule has 6 nitrogen and oxygen atoms in total. The number of carbonyl (C=O) groups is 2. The van der Waals surface area contributed by atoms with Crippen LogP contribution in [0.3, 0.4) is 0 Å².